The van der Waals surface area contributed by atoms with Crippen LogP contribution in [0, 0.1) is 11.8 Å². The van der Waals surface area contributed by atoms with Crippen molar-refractivity contribution in [3.8, 4) is 11.5 Å². The second-order valence-corrected chi connectivity index (χ2v) is 19.0. The van der Waals surface area contributed by atoms with E-state index in [0.29, 0.717) is 30.9 Å². The molecule has 2 N–H and O–H groups in total. The first-order valence-corrected chi connectivity index (χ1v) is 19.3. The van der Waals surface area contributed by atoms with Crippen molar-refractivity contribution in [1.82, 2.24) is 15.5 Å². The van der Waals surface area contributed by atoms with Crippen LogP contribution in [-0.2, 0) is 29.7 Å². The molecule has 0 saturated carbocycles. The zero-order chi connectivity index (χ0) is 37.8. The van der Waals surface area contributed by atoms with Crippen molar-refractivity contribution in [3.05, 3.63) is 59.7 Å². The van der Waals surface area contributed by atoms with Gasteiger partial charge in [0.25, 0.3) is 0 Å². The van der Waals surface area contributed by atoms with E-state index in [1.807, 2.05) is 52.0 Å². The molecule has 50 heavy (non-hydrogen) atoms. The van der Waals surface area contributed by atoms with Gasteiger partial charge in [0.1, 0.15) is 29.2 Å². The monoisotopic (exact) mass is 713 g/mol. The van der Waals surface area contributed by atoms with Gasteiger partial charge in [-0.2, -0.15) is 0 Å². The van der Waals surface area contributed by atoms with E-state index in [1.54, 1.807) is 45.0 Å². The summed E-state index contributed by atoms with van der Waals surface area (Å²) in [6.45, 7) is 25.6. The zero-order valence-electron chi connectivity index (χ0n) is 32.4. The van der Waals surface area contributed by atoms with Gasteiger partial charge in [-0.3, -0.25) is 9.59 Å². The summed E-state index contributed by atoms with van der Waals surface area (Å²) in [5.41, 5.74) is 1.24. The summed E-state index contributed by atoms with van der Waals surface area (Å²) in [5, 5.41) is 5.68. The second kappa shape index (κ2) is 15.8. The largest absolute Gasteiger partial charge is 0.453 e. The maximum Gasteiger partial charge on any atom is 0.453 e. The van der Waals surface area contributed by atoms with Gasteiger partial charge in [0.2, 0.25) is 11.8 Å². The van der Waals surface area contributed by atoms with Crippen molar-refractivity contribution in [1.29, 1.82) is 0 Å². The van der Waals surface area contributed by atoms with Gasteiger partial charge in [0.05, 0.1) is 0 Å². The van der Waals surface area contributed by atoms with E-state index in [9.17, 15) is 14.4 Å². The number of amides is 3. The maximum atomic E-state index is 15.1. The maximum absolute atomic E-state index is 15.1. The minimum Gasteiger partial charge on any atom is -0.444 e. The molecule has 2 aromatic rings. The zero-order valence-corrected chi connectivity index (χ0v) is 33.3. The lowest BCUT2D eigenvalue weighted by Gasteiger charge is -2.34. The number of carbonyl (C=O) groups is 3. The molecule has 1 aliphatic rings. The fourth-order valence-electron chi connectivity index (χ4n) is 5.74. The van der Waals surface area contributed by atoms with Gasteiger partial charge in [-0.25, -0.2) is 9.36 Å². The Bertz CT molecular complexity index is 1450. The summed E-state index contributed by atoms with van der Waals surface area (Å²) in [7, 11) is -4.16. The number of hydrogen-bond donors (Lipinski definition) is 2. The Labute approximate surface area is 299 Å². The first-order chi connectivity index (χ1) is 22.9. The number of hydrogen-bond acceptors (Lipinski definition) is 7. The Morgan fingerprint density at radius 2 is 1.20 bits per heavy atom. The fraction of sp³-hybridized carbons (Fsp3) is 0.615. The van der Waals surface area contributed by atoms with Crippen LogP contribution in [0.2, 0.25) is 0 Å². The molecule has 1 fully saturated rings. The number of alkyl carbamates (subject to hydrolysis) is 1. The summed E-state index contributed by atoms with van der Waals surface area (Å²) in [5.74, 6) is -1.85. The van der Waals surface area contributed by atoms with Crippen LogP contribution in [0.3, 0.4) is 0 Å². The summed E-state index contributed by atoms with van der Waals surface area (Å²) in [6, 6.07) is 13.0. The molecule has 0 radical (unpaired) electrons. The van der Waals surface area contributed by atoms with E-state index in [1.165, 1.54) is 4.90 Å². The van der Waals surface area contributed by atoms with Gasteiger partial charge >= 0.3 is 13.7 Å². The van der Waals surface area contributed by atoms with Gasteiger partial charge in [0, 0.05) is 6.54 Å². The smallest absolute Gasteiger partial charge is 0.444 e. The molecule has 10 nitrogen and oxygen atoms in total. The van der Waals surface area contributed by atoms with Crippen molar-refractivity contribution >= 4 is 25.5 Å². The van der Waals surface area contributed by atoms with Crippen LogP contribution in [0.25, 0.3) is 0 Å². The Morgan fingerprint density at radius 1 is 0.740 bits per heavy atom. The van der Waals surface area contributed by atoms with E-state index < -0.39 is 43.1 Å². The van der Waals surface area contributed by atoms with Crippen molar-refractivity contribution in [2.24, 2.45) is 11.8 Å². The molecule has 278 valence electrons. The van der Waals surface area contributed by atoms with Gasteiger partial charge in [-0.1, -0.05) is 93.5 Å². The fourth-order valence-corrected chi connectivity index (χ4v) is 7.85. The number of ether oxygens (including phenoxy) is 1. The van der Waals surface area contributed by atoms with Crippen molar-refractivity contribution in [3.63, 3.8) is 0 Å². The lowest BCUT2D eigenvalue weighted by molar-refractivity contribution is -0.141. The summed E-state index contributed by atoms with van der Waals surface area (Å²) in [6.07, 6.45) is 0.304. The SMILES string of the molecule is CC(C)C(NC(=O)OC(C)(C)C)C(=O)N1CCCC1C(=O)NC(C(C)C)P(=O)(Oc1ccc(C(C)(C)C)cc1)Oc1ccc(C(C)(C)C)cc1. The van der Waals surface area contributed by atoms with Crippen LogP contribution in [0.1, 0.15) is 114 Å². The van der Waals surface area contributed by atoms with E-state index in [4.69, 9.17) is 13.8 Å². The van der Waals surface area contributed by atoms with Gasteiger partial charge < -0.3 is 29.3 Å². The number of rotatable bonds is 11. The highest BCUT2D eigenvalue weighted by Gasteiger charge is 2.46. The molecule has 3 atom stereocenters. The molecule has 1 saturated heterocycles. The Morgan fingerprint density at radius 3 is 1.58 bits per heavy atom. The van der Waals surface area contributed by atoms with E-state index in [-0.39, 0.29) is 28.6 Å². The highest BCUT2D eigenvalue weighted by Crippen LogP contribution is 2.54. The van der Waals surface area contributed by atoms with Gasteiger partial charge in [0.15, 0.2) is 5.78 Å². The van der Waals surface area contributed by atoms with Crippen LogP contribution < -0.4 is 19.7 Å². The van der Waals surface area contributed by atoms with E-state index >= 15 is 4.57 Å². The van der Waals surface area contributed by atoms with Gasteiger partial charge in [-0.05, 0) is 91.7 Å². The third-order valence-electron chi connectivity index (χ3n) is 8.61. The summed E-state index contributed by atoms with van der Waals surface area (Å²) >= 11 is 0. The number of carbonyl (C=O) groups excluding carboxylic acids is 3. The highest BCUT2D eigenvalue weighted by atomic mass is 31.2. The molecule has 3 unspecified atom stereocenters. The average molecular weight is 714 g/mol. The van der Waals surface area contributed by atoms with Crippen LogP contribution in [0.15, 0.2) is 48.5 Å². The predicted molar refractivity (Wildman–Crippen MR) is 199 cm³/mol. The van der Waals surface area contributed by atoms with Crippen LogP contribution >= 0.6 is 7.60 Å². The number of nitrogens with one attached hydrogen (secondary N) is 2. The molecule has 1 aliphatic heterocycles. The molecule has 0 aliphatic carbocycles. The van der Waals surface area contributed by atoms with Crippen molar-refractivity contribution in [2.45, 2.75) is 137 Å². The quantitative estimate of drug-likeness (QED) is 0.224. The number of benzene rings is 2. The third kappa shape index (κ3) is 11.0. The van der Waals surface area contributed by atoms with Gasteiger partial charge in [-0.15, -0.1) is 0 Å². The molecule has 2 aromatic carbocycles. The summed E-state index contributed by atoms with van der Waals surface area (Å²) < 4.78 is 33.0. The van der Waals surface area contributed by atoms with Crippen LogP contribution in [0.5, 0.6) is 11.5 Å². The third-order valence-corrected chi connectivity index (χ3v) is 10.9. The predicted octanol–water partition coefficient (Wildman–Crippen LogP) is 8.57. The van der Waals surface area contributed by atoms with Crippen LogP contribution in [0.4, 0.5) is 4.79 Å². The minimum atomic E-state index is -4.16. The van der Waals surface area contributed by atoms with E-state index in [0.717, 1.165) is 11.1 Å². The lowest BCUT2D eigenvalue weighted by atomic mass is 9.87. The van der Waals surface area contributed by atoms with Crippen molar-refractivity contribution < 1.29 is 32.7 Å². The molecular formula is C39H60N3O7P. The second-order valence-electron chi connectivity index (χ2n) is 17.0. The molecule has 0 bridgehead atoms. The minimum absolute atomic E-state index is 0.0937. The molecule has 11 heteroatoms. The lowest BCUT2D eigenvalue weighted by Crippen LogP contribution is -2.56. The Hall–Kier alpha value is -3.52. The Balaban J connectivity index is 1.94. The number of nitrogens with zero attached hydrogens (tertiary/aromatic N) is 1. The molecule has 3 rings (SSSR count). The highest BCUT2D eigenvalue weighted by molar-refractivity contribution is 7.55. The first kappa shape index (κ1) is 40.9. The van der Waals surface area contributed by atoms with Crippen molar-refractivity contribution in [2.75, 3.05) is 6.54 Å². The van der Waals surface area contributed by atoms with Crippen LogP contribution in [-0.4, -0.2) is 52.8 Å². The number of likely N-dealkylation sites (tertiary alicyclic amines) is 1. The normalized spacial score (nSPS) is 16.9. The standard InChI is InChI=1S/C39H60N3O7P/c1-25(2)32(40-36(45)47-39(11,12)13)35(44)42-24-14-15-31(42)33(43)41-34(26(3)4)50(46,48-29-20-16-27(17-21-29)37(5,6)7)49-30-22-18-28(19-23-30)38(8,9)10/h16-23,25-26,31-32,34H,14-15,24H2,1-13H3,(H,40,45)(H,41,43). The molecule has 3 amide bonds. The molecular weight excluding hydrogens is 653 g/mol. The van der Waals surface area contributed by atoms with E-state index in [2.05, 4.69) is 52.2 Å². The summed E-state index contributed by atoms with van der Waals surface area (Å²) in [4.78, 5) is 42.1. The molecule has 0 spiro atoms. The molecule has 1 heterocycles. The first-order valence-electron chi connectivity index (χ1n) is 17.7. The average Bonchev–Trinajstić information content (AvgIpc) is 3.47. The Kier molecular flexibility index (Phi) is 12.9. The topological polar surface area (TPSA) is 123 Å². The molecule has 0 aromatic heterocycles.